The van der Waals surface area contributed by atoms with E-state index in [2.05, 4.69) is 25.8 Å². The molecular weight excluding hydrogens is 260 g/mol. The zero-order valence-corrected chi connectivity index (χ0v) is 12.3. The number of aromatic nitrogens is 1. The van der Waals surface area contributed by atoms with Crippen LogP contribution < -0.4 is 14.6 Å². The molecule has 1 unspecified atom stereocenters. The largest absolute Gasteiger partial charge is 0.438 e. The fourth-order valence-corrected chi connectivity index (χ4v) is 2.79. The molecule has 0 aliphatic carbocycles. The van der Waals surface area contributed by atoms with Gasteiger partial charge in [-0.25, -0.2) is 4.98 Å². The van der Waals surface area contributed by atoms with E-state index in [9.17, 15) is 0 Å². The number of fused-ring (bicyclic) bond motifs is 3. The number of nitrogens with one attached hydrogen (secondary N) is 2. The topological polar surface area (TPSA) is 27.8 Å². The summed E-state index contributed by atoms with van der Waals surface area (Å²) in [5, 5.41) is 1.80. The molecule has 2 heterocycles. The highest BCUT2D eigenvalue weighted by Crippen LogP contribution is 2.33. The molecule has 0 saturated heterocycles. The zero-order chi connectivity index (χ0) is 13.6. The van der Waals surface area contributed by atoms with Crippen molar-refractivity contribution in [2.75, 3.05) is 6.73 Å². The second-order valence-corrected chi connectivity index (χ2v) is 6.53. The molecule has 1 aliphatic rings. The Kier molecular flexibility index (Phi) is 2.91. The molecule has 1 atom stereocenters. The van der Waals surface area contributed by atoms with Crippen molar-refractivity contribution in [3.63, 3.8) is 0 Å². The van der Waals surface area contributed by atoms with E-state index < -0.39 is 0 Å². The van der Waals surface area contributed by atoms with E-state index in [0.717, 1.165) is 28.2 Å². The van der Waals surface area contributed by atoms with Gasteiger partial charge in [0.2, 0.25) is 12.5 Å². The molecule has 0 fully saturated rings. The van der Waals surface area contributed by atoms with Gasteiger partial charge in [0.25, 0.3) is 5.52 Å². The van der Waals surface area contributed by atoms with Crippen molar-refractivity contribution in [2.24, 2.45) is 0 Å². The highest BCUT2D eigenvalue weighted by molar-refractivity contribution is 6.35. The lowest BCUT2D eigenvalue weighted by molar-refractivity contribution is -0.976. The summed E-state index contributed by atoms with van der Waals surface area (Å²) >= 11 is 6.37. The molecular formula is C15H19ClN2O+2. The Hall–Kier alpha value is -1.32. The van der Waals surface area contributed by atoms with Gasteiger partial charge in [-0.3, -0.25) is 4.90 Å². The molecule has 1 aromatic carbocycles. The van der Waals surface area contributed by atoms with Crippen LogP contribution in [0.1, 0.15) is 26.3 Å². The third-order valence-corrected chi connectivity index (χ3v) is 4.10. The van der Waals surface area contributed by atoms with E-state index in [-0.39, 0.29) is 5.54 Å². The summed E-state index contributed by atoms with van der Waals surface area (Å²) in [5.41, 5.74) is 2.34. The molecule has 0 amide bonds. The van der Waals surface area contributed by atoms with Crippen molar-refractivity contribution in [1.29, 1.82) is 0 Å². The molecule has 1 aliphatic heterocycles. The van der Waals surface area contributed by atoms with Crippen molar-refractivity contribution in [3.8, 4) is 5.75 Å². The van der Waals surface area contributed by atoms with Gasteiger partial charge >= 0.3 is 0 Å². The highest BCUT2D eigenvalue weighted by Gasteiger charge is 2.33. The van der Waals surface area contributed by atoms with E-state index in [1.807, 2.05) is 24.4 Å². The summed E-state index contributed by atoms with van der Waals surface area (Å²) in [6.07, 6.45) is 1.91. The lowest BCUT2D eigenvalue weighted by Crippen LogP contribution is -3.19. The monoisotopic (exact) mass is 278 g/mol. The van der Waals surface area contributed by atoms with E-state index in [1.165, 1.54) is 10.5 Å². The van der Waals surface area contributed by atoms with Crippen LogP contribution >= 0.6 is 11.6 Å². The molecule has 3 rings (SSSR count). The molecule has 0 radical (unpaired) electrons. The van der Waals surface area contributed by atoms with Gasteiger partial charge in [-0.15, -0.1) is 0 Å². The number of hydrogen-bond donors (Lipinski definition) is 1. The first-order valence-electron chi connectivity index (χ1n) is 6.56. The molecule has 0 bridgehead atoms. The number of benzene rings is 1. The first-order valence-corrected chi connectivity index (χ1v) is 6.94. The molecule has 19 heavy (non-hydrogen) atoms. The summed E-state index contributed by atoms with van der Waals surface area (Å²) in [4.78, 5) is 4.66. The zero-order valence-electron chi connectivity index (χ0n) is 11.5. The van der Waals surface area contributed by atoms with Crippen molar-refractivity contribution >= 4 is 22.5 Å². The van der Waals surface area contributed by atoms with Gasteiger partial charge in [-0.1, -0.05) is 11.6 Å². The van der Waals surface area contributed by atoms with Crippen LogP contribution in [-0.4, -0.2) is 12.3 Å². The lowest BCUT2D eigenvalue weighted by Gasteiger charge is -2.35. The molecule has 4 heteroatoms. The predicted molar refractivity (Wildman–Crippen MR) is 75.4 cm³/mol. The number of rotatable bonds is 0. The van der Waals surface area contributed by atoms with Crippen molar-refractivity contribution in [2.45, 2.75) is 32.9 Å². The second kappa shape index (κ2) is 4.36. The minimum absolute atomic E-state index is 0.166. The fourth-order valence-electron chi connectivity index (χ4n) is 2.50. The van der Waals surface area contributed by atoms with Gasteiger partial charge in [0.05, 0.1) is 21.5 Å². The number of H-pyrrole nitrogens is 1. The molecule has 0 saturated carbocycles. The van der Waals surface area contributed by atoms with E-state index in [0.29, 0.717) is 6.73 Å². The van der Waals surface area contributed by atoms with Crippen LogP contribution in [-0.2, 0) is 6.54 Å². The number of pyridine rings is 1. The fraction of sp³-hybridized carbons (Fsp3) is 0.400. The third-order valence-electron chi connectivity index (χ3n) is 3.79. The molecule has 0 spiro atoms. The molecule has 100 valence electrons. The Morgan fingerprint density at radius 2 is 2.16 bits per heavy atom. The van der Waals surface area contributed by atoms with Crippen LogP contribution in [0.4, 0.5) is 0 Å². The van der Waals surface area contributed by atoms with Gasteiger partial charge in [0, 0.05) is 6.07 Å². The number of halogens is 1. The third kappa shape index (κ3) is 2.17. The van der Waals surface area contributed by atoms with Crippen molar-refractivity contribution in [1.82, 2.24) is 0 Å². The number of quaternary nitrogens is 1. The van der Waals surface area contributed by atoms with Crippen LogP contribution in [0, 0.1) is 0 Å². The summed E-state index contributed by atoms with van der Waals surface area (Å²) in [6, 6.07) is 6.01. The van der Waals surface area contributed by atoms with Crippen LogP contribution in [0.5, 0.6) is 5.75 Å². The molecule has 3 nitrogen and oxygen atoms in total. The minimum Gasteiger partial charge on any atom is -0.438 e. The van der Waals surface area contributed by atoms with Gasteiger partial charge in [-0.2, -0.15) is 0 Å². The average Bonchev–Trinajstić information content (AvgIpc) is 2.37. The van der Waals surface area contributed by atoms with Gasteiger partial charge in [0.1, 0.15) is 6.54 Å². The van der Waals surface area contributed by atoms with Crippen molar-refractivity contribution in [3.05, 3.63) is 35.0 Å². The van der Waals surface area contributed by atoms with Gasteiger partial charge in [-0.05, 0) is 32.9 Å². The van der Waals surface area contributed by atoms with E-state index in [4.69, 9.17) is 16.3 Å². The second-order valence-electron chi connectivity index (χ2n) is 6.12. The maximum atomic E-state index is 6.37. The number of ether oxygens (including phenoxy) is 1. The minimum atomic E-state index is 0.166. The summed E-state index contributed by atoms with van der Waals surface area (Å²) in [7, 11) is 0. The SMILES string of the molecule is CC(C)(C)[NH+]1COc2c(cc(Cl)c3ccc[nH+]c23)C1. The summed E-state index contributed by atoms with van der Waals surface area (Å²) in [6.45, 7) is 8.32. The Labute approximate surface area is 118 Å². The standard InChI is InChI=1S/C15H17ClN2O/c1-15(2,3)18-8-10-7-12(16)11-5-4-6-17-13(11)14(10)19-9-18/h4-7H,8-9H2,1-3H3/p+2. The maximum absolute atomic E-state index is 6.37. The Bertz CT molecular complexity index is 634. The molecule has 2 aromatic rings. The predicted octanol–water partition coefficient (Wildman–Crippen LogP) is 1.84. The van der Waals surface area contributed by atoms with E-state index >= 15 is 0 Å². The first-order chi connectivity index (χ1) is 8.97. The van der Waals surface area contributed by atoms with Crippen LogP contribution in [0.25, 0.3) is 10.9 Å². The number of aromatic amines is 1. The van der Waals surface area contributed by atoms with Gasteiger partial charge in [0.15, 0.2) is 6.20 Å². The highest BCUT2D eigenvalue weighted by atomic mass is 35.5. The van der Waals surface area contributed by atoms with Crippen LogP contribution in [0.15, 0.2) is 24.4 Å². The average molecular weight is 279 g/mol. The Morgan fingerprint density at radius 1 is 1.37 bits per heavy atom. The molecule has 2 N–H and O–H groups in total. The van der Waals surface area contributed by atoms with Gasteiger partial charge < -0.3 is 4.74 Å². The van der Waals surface area contributed by atoms with Crippen molar-refractivity contribution < 1.29 is 14.6 Å². The van der Waals surface area contributed by atoms with E-state index in [1.54, 1.807) is 0 Å². The number of hydrogen-bond acceptors (Lipinski definition) is 1. The first kappa shape index (κ1) is 12.7. The smallest absolute Gasteiger partial charge is 0.255 e. The Balaban J connectivity index is 2.12. The Morgan fingerprint density at radius 3 is 2.89 bits per heavy atom. The molecule has 1 aromatic heterocycles. The maximum Gasteiger partial charge on any atom is 0.255 e. The summed E-state index contributed by atoms with van der Waals surface area (Å²) in [5.74, 6) is 0.952. The normalized spacial score (nSPS) is 19.1. The van der Waals surface area contributed by atoms with Crippen LogP contribution in [0.3, 0.4) is 0 Å². The lowest BCUT2D eigenvalue weighted by atomic mass is 10.0. The van der Waals surface area contributed by atoms with Crippen LogP contribution in [0.2, 0.25) is 5.02 Å². The summed E-state index contributed by atoms with van der Waals surface area (Å²) < 4.78 is 6.00. The quantitative estimate of drug-likeness (QED) is 0.782.